The molecule has 116 valence electrons. The minimum absolute atomic E-state index is 0.212. The number of halogens is 3. The zero-order chi connectivity index (χ0) is 15.5. The van der Waals surface area contributed by atoms with Crippen molar-refractivity contribution in [2.24, 2.45) is 5.92 Å². The van der Waals surface area contributed by atoms with Gasteiger partial charge in [-0.2, -0.15) is 24.9 Å². The van der Waals surface area contributed by atoms with E-state index in [1.165, 1.54) is 0 Å². The number of hydrogen-bond donors (Lipinski definition) is 2. The van der Waals surface area contributed by atoms with Crippen LogP contribution >= 0.6 is 11.8 Å². The van der Waals surface area contributed by atoms with Gasteiger partial charge in [0.05, 0.1) is 0 Å². The molecule has 1 aromatic heterocycles. The van der Waals surface area contributed by atoms with Gasteiger partial charge in [-0.25, -0.2) is 9.78 Å². The maximum Gasteiger partial charge on any atom is 0.433 e. The lowest BCUT2D eigenvalue weighted by atomic mass is 10.0. The van der Waals surface area contributed by atoms with Crippen LogP contribution in [0.25, 0.3) is 0 Å². The molecule has 0 aromatic carbocycles. The summed E-state index contributed by atoms with van der Waals surface area (Å²) in [5.74, 6) is 0.875. The first-order valence-corrected chi connectivity index (χ1v) is 7.66. The molecular weight excluding hydrogens is 305 g/mol. The number of alkyl halides is 3. The minimum Gasteiger partial charge on any atom is -0.478 e. The number of hydrogen-bond acceptors (Lipinski definition) is 4. The number of nitrogens with one attached hydrogen (secondary N) is 1. The molecule has 0 unspecified atom stereocenters. The normalized spacial score (nSPS) is 16.7. The first kappa shape index (κ1) is 15.9. The van der Waals surface area contributed by atoms with Crippen molar-refractivity contribution in [2.45, 2.75) is 19.0 Å². The van der Waals surface area contributed by atoms with E-state index in [1.54, 1.807) is 0 Å². The number of nitrogens with zero attached hydrogens (tertiary/aromatic N) is 1. The second-order valence-electron chi connectivity index (χ2n) is 4.83. The molecule has 0 atom stereocenters. The highest BCUT2D eigenvalue weighted by Gasteiger charge is 2.33. The van der Waals surface area contributed by atoms with E-state index in [2.05, 4.69) is 10.3 Å². The smallest absolute Gasteiger partial charge is 0.433 e. The molecule has 0 spiro atoms. The Bertz CT molecular complexity index is 517. The standard InChI is InChI=1S/C13H15F3N2O2S/c14-13(15,16)10-2-1-9(12(19)20)11(18-10)17-7-8-3-5-21-6-4-8/h1-2,8H,3-7H2,(H,17,18)(H,19,20). The third-order valence-electron chi connectivity index (χ3n) is 3.32. The lowest BCUT2D eigenvalue weighted by molar-refractivity contribution is -0.141. The molecule has 1 aliphatic rings. The van der Waals surface area contributed by atoms with E-state index in [-0.39, 0.29) is 11.4 Å². The number of thioether (sulfide) groups is 1. The van der Waals surface area contributed by atoms with Crippen molar-refractivity contribution < 1.29 is 23.1 Å². The maximum absolute atomic E-state index is 12.7. The molecule has 21 heavy (non-hydrogen) atoms. The number of carbonyl (C=O) groups is 1. The summed E-state index contributed by atoms with van der Waals surface area (Å²) in [6.45, 7) is 0.440. The van der Waals surface area contributed by atoms with Gasteiger partial charge >= 0.3 is 12.1 Å². The van der Waals surface area contributed by atoms with Crippen LogP contribution in [0, 0.1) is 5.92 Å². The van der Waals surface area contributed by atoms with Gasteiger partial charge in [-0.05, 0) is 42.4 Å². The van der Waals surface area contributed by atoms with E-state index in [0.29, 0.717) is 18.5 Å². The molecule has 0 amide bonds. The monoisotopic (exact) mass is 320 g/mol. The molecule has 0 radical (unpaired) electrons. The van der Waals surface area contributed by atoms with Gasteiger partial charge < -0.3 is 10.4 Å². The molecule has 2 heterocycles. The van der Waals surface area contributed by atoms with Gasteiger partial charge in [-0.3, -0.25) is 0 Å². The van der Waals surface area contributed by atoms with Gasteiger partial charge in [0.25, 0.3) is 0 Å². The van der Waals surface area contributed by atoms with E-state index in [0.717, 1.165) is 30.4 Å². The molecule has 8 heteroatoms. The fraction of sp³-hybridized carbons (Fsp3) is 0.538. The first-order chi connectivity index (χ1) is 9.88. The molecule has 0 bridgehead atoms. The van der Waals surface area contributed by atoms with E-state index < -0.39 is 17.8 Å². The summed E-state index contributed by atoms with van der Waals surface area (Å²) in [5, 5.41) is 11.8. The van der Waals surface area contributed by atoms with Crippen LogP contribution in [0.15, 0.2) is 12.1 Å². The second kappa shape index (κ2) is 6.55. The molecule has 0 aliphatic carbocycles. The van der Waals surface area contributed by atoms with E-state index >= 15 is 0 Å². The van der Waals surface area contributed by atoms with Crippen molar-refractivity contribution in [1.29, 1.82) is 0 Å². The largest absolute Gasteiger partial charge is 0.478 e. The Morgan fingerprint density at radius 1 is 1.38 bits per heavy atom. The number of aromatic nitrogens is 1. The fourth-order valence-electron chi connectivity index (χ4n) is 2.12. The van der Waals surface area contributed by atoms with Gasteiger partial charge in [0.15, 0.2) is 0 Å². The first-order valence-electron chi connectivity index (χ1n) is 6.51. The summed E-state index contributed by atoms with van der Waals surface area (Å²) in [5.41, 5.74) is -1.33. The Hall–Kier alpha value is -1.44. The van der Waals surface area contributed by atoms with Crippen molar-refractivity contribution in [3.8, 4) is 0 Å². The summed E-state index contributed by atoms with van der Waals surface area (Å²) in [7, 11) is 0. The van der Waals surface area contributed by atoms with Gasteiger partial charge in [0.2, 0.25) is 0 Å². The molecule has 1 saturated heterocycles. The lowest BCUT2D eigenvalue weighted by Gasteiger charge is -2.22. The third-order valence-corrected chi connectivity index (χ3v) is 4.36. The zero-order valence-corrected chi connectivity index (χ0v) is 11.9. The summed E-state index contributed by atoms with van der Waals surface area (Å²) >= 11 is 1.85. The predicted octanol–water partition coefficient (Wildman–Crippen LogP) is 3.35. The SMILES string of the molecule is O=C(O)c1ccc(C(F)(F)F)nc1NCC1CCSCC1. The van der Waals surface area contributed by atoms with Crippen LogP contribution in [-0.4, -0.2) is 34.1 Å². The van der Waals surface area contributed by atoms with Crippen molar-refractivity contribution in [3.05, 3.63) is 23.4 Å². The molecule has 0 saturated carbocycles. The van der Waals surface area contributed by atoms with Gasteiger partial charge in [-0.15, -0.1) is 0 Å². The average molecular weight is 320 g/mol. The Kier molecular flexibility index (Phi) is 4.97. The van der Waals surface area contributed by atoms with Crippen molar-refractivity contribution in [3.63, 3.8) is 0 Å². The lowest BCUT2D eigenvalue weighted by Crippen LogP contribution is -2.21. The Balaban J connectivity index is 2.16. The molecular formula is C13H15F3N2O2S. The van der Waals surface area contributed by atoms with Crippen LogP contribution in [0.2, 0.25) is 0 Å². The van der Waals surface area contributed by atoms with Crippen LogP contribution in [0.1, 0.15) is 28.9 Å². The van der Waals surface area contributed by atoms with Gasteiger partial charge in [0.1, 0.15) is 17.1 Å². The number of anilines is 1. The van der Waals surface area contributed by atoms with Crippen LogP contribution in [0.4, 0.5) is 19.0 Å². The zero-order valence-electron chi connectivity index (χ0n) is 11.1. The quantitative estimate of drug-likeness (QED) is 0.891. The Labute approximate surface area is 124 Å². The second-order valence-corrected chi connectivity index (χ2v) is 6.06. The molecule has 2 N–H and O–H groups in total. The summed E-state index contributed by atoms with van der Waals surface area (Å²) < 4.78 is 38.0. The number of rotatable bonds is 4. The number of carboxylic acid groups (broad SMARTS) is 1. The van der Waals surface area contributed by atoms with E-state index in [1.807, 2.05) is 11.8 Å². The van der Waals surface area contributed by atoms with Crippen LogP contribution in [-0.2, 0) is 6.18 Å². The van der Waals surface area contributed by atoms with Crippen molar-refractivity contribution >= 4 is 23.5 Å². The average Bonchev–Trinajstić information content (AvgIpc) is 2.45. The third kappa shape index (κ3) is 4.26. The fourth-order valence-corrected chi connectivity index (χ4v) is 3.32. The highest BCUT2D eigenvalue weighted by Crippen LogP contribution is 2.30. The van der Waals surface area contributed by atoms with E-state index in [4.69, 9.17) is 5.11 Å². The highest BCUT2D eigenvalue weighted by atomic mass is 32.2. The van der Waals surface area contributed by atoms with E-state index in [9.17, 15) is 18.0 Å². The number of aromatic carboxylic acids is 1. The molecule has 1 aliphatic heterocycles. The van der Waals surface area contributed by atoms with Gasteiger partial charge in [-0.1, -0.05) is 0 Å². The number of pyridine rings is 1. The topological polar surface area (TPSA) is 62.2 Å². The van der Waals surface area contributed by atoms with Crippen molar-refractivity contribution in [2.75, 3.05) is 23.4 Å². The molecule has 2 rings (SSSR count). The van der Waals surface area contributed by atoms with Crippen LogP contribution in [0.3, 0.4) is 0 Å². The van der Waals surface area contributed by atoms with Crippen LogP contribution in [0.5, 0.6) is 0 Å². The molecule has 4 nitrogen and oxygen atoms in total. The number of carboxylic acids is 1. The van der Waals surface area contributed by atoms with Crippen molar-refractivity contribution in [1.82, 2.24) is 4.98 Å². The Morgan fingerprint density at radius 3 is 2.62 bits per heavy atom. The van der Waals surface area contributed by atoms with Gasteiger partial charge in [0, 0.05) is 6.54 Å². The minimum atomic E-state index is -4.59. The predicted molar refractivity (Wildman–Crippen MR) is 74.7 cm³/mol. The summed E-state index contributed by atoms with van der Waals surface area (Å²) in [4.78, 5) is 14.5. The summed E-state index contributed by atoms with van der Waals surface area (Å²) in [6, 6.07) is 1.63. The highest BCUT2D eigenvalue weighted by molar-refractivity contribution is 7.99. The molecule has 1 fully saturated rings. The maximum atomic E-state index is 12.7. The van der Waals surface area contributed by atoms with Crippen LogP contribution < -0.4 is 5.32 Å². The molecule has 1 aromatic rings. The Morgan fingerprint density at radius 2 is 2.05 bits per heavy atom. The summed E-state index contributed by atoms with van der Waals surface area (Å²) in [6.07, 6.45) is -2.65.